The second kappa shape index (κ2) is 10.3. The Morgan fingerprint density at radius 2 is 1.76 bits per heavy atom. The fourth-order valence-corrected chi connectivity index (χ4v) is 6.30. The number of nitrogens with zero attached hydrogens (tertiary/aromatic N) is 3. The molecule has 37 heavy (non-hydrogen) atoms. The van der Waals surface area contributed by atoms with E-state index in [-0.39, 0.29) is 30.5 Å². The zero-order valence-electron chi connectivity index (χ0n) is 21.5. The van der Waals surface area contributed by atoms with Gasteiger partial charge in [0.15, 0.2) is 0 Å². The fraction of sp³-hybridized carbons (Fsp3) is 0.400. The molecule has 0 aromatic heterocycles. The molecule has 0 aliphatic carbocycles. The lowest BCUT2D eigenvalue weighted by molar-refractivity contribution is -0.128. The monoisotopic (exact) mass is 537 g/mol. The summed E-state index contributed by atoms with van der Waals surface area (Å²) < 4.78 is 0. The number of benzene rings is 2. The number of hydrogen-bond donors (Lipinski definition) is 1. The molecule has 2 aromatic rings. The lowest BCUT2D eigenvalue weighted by atomic mass is 9.81. The molecule has 0 saturated carbocycles. The number of allylic oxidation sites excluding steroid dienone is 1. The van der Waals surface area contributed by atoms with Crippen molar-refractivity contribution in [2.75, 3.05) is 13.2 Å². The van der Waals surface area contributed by atoms with Crippen molar-refractivity contribution < 1.29 is 9.90 Å². The van der Waals surface area contributed by atoms with E-state index in [2.05, 4.69) is 37.8 Å². The molecule has 3 aliphatic rings. The van der Waals surface area contributed by atoms with E-state index < -0.39 is 5.54 Å². The summed E-state index contributed by atoms with van der Waals surface area (Å²) in [5.74, 6) is 0.970. The van der Waals surface area contributed by atoms with E-state index in [9.17, 15) is 9.90 Å². The van der Waals surface area contributed by atoms with E-state index in [0.717, 1.165) is 35.5 Å². The van der Waals surface area contributed by atoms with Gasteiger partial charge in [-0.1, -0.05) is 73.5 Å². The smallest absolute Gasteiger partial charge is 0.255 e. The number of aliphatic hydroxyl groups excluding tert-OH is 1. The minimum atomic E-state index is -0.617. The molecule has 2 aromatic carbocycles. The zero-order chi connectivity index (χ0) is 26.3. The second-order valence-corrected chi connectivity index (χ2v) is 11.4. The van der Waals surface area contributed by atoms with E-state index in [1.165, 1.54) is 0 Å². The van der Waals surface area contributed by atoms with Gasteiger partial charge in [0, 0.05) is 28.7 Å². The van der Waals surface area contributed by atoms with E-state index in [1.54, 1.807) is 0 Å². The van der Waals surface area contributed by atoms with Crippen molar-refractivity contribution in [3.8, 4) is 0 Å². The first-order valence-electron chi connectivity index (χ1n) is 13.0. The largest absolute Gasteiger partial charge is 0.394 e. The van der Waals surface area contributed by atoms with Crippen molar-refractivity contribution in [3.05, 3.63) is 93.1 Å². The Labute approximate surface area is 229 Å². The van der Waals surface area contributed by atoms with Crippen LogP contribution in [0.25, 0.3) is 0 Å². The quantitative estimate of drug-likeness (QED) is 0.472. The molecule has 5 rings (SSSR count). The zero-order valence-corrected chi connectivity index (χ0v) is 23.0. The Kier molecular flexibility index (Phi) is 7.23. The Balaban J connectivity index is 1.70. The highest BCUT2D eigenvalue weighted by Crippen LogP contribution is 2.51. The number of carbonyl (C=O) groups excluding carboxylic acids is 1. The third-order valence-corrected chi connectivity index (χ3v) is 8.29. The number of hydrogen-bond acceptors (Lipinski definition) is 4. The Morgan fingerprint density at radius 3 is 2.38 bits per heavy atom. The summed E-state index contributed by atoms with van der Waals surface area (Å²) in [5.41, 5.74) is 3.15. The van der Waals surface area contributed by atoms with Crippen LogP contribution in [0.4, 0.5) is 0 Å². The summed E-state index contributed by atoms with van der Waals surface area (Å²) in [7, 11) is 0. The lowest BCUT2D eigenvalue weighted by Crippen LogP contribution is -2.42. The van der Waals surface area contributed by atoms with E-state index >= 15 is 0 Å². The minimum absolute atomic E-state index is 0.0157. The first-order valence-corrected chi connectivity index (χ1v) is 13.7. The number of rotatable bonds is 5. The maximum absolute atomic E-state index is 14.0. The average Bonchev–Trinajstić information content (AvgIpc) is 3.41. The molecule has 0 radical (unpaired) electrons. The molecule has 0 bridgehead atoms. The van der Waals surface area contributed by atoms with Gasteiger partial charge in [0.25, 0.3) is 5.91 Å². The first kappa shape index (κ1) is 26.0. The predicted octanol–water partition coefficient (Wildman–Crippen LogP) is 6.52. The van der Waals surface area contributed by atoms with E-state index in [1.807, 2.05) is 53.5 Å². The highest BCUT2D eigenvalue weighted by molar-refractivity contribution is 6.30. The number of amidine groups is 1. The van der Waals surface area contributed by atoms with Crippen LogP contribution in [-0.2, 0) is 10.3 Å². The van der Waals surface area contributed by atoms with E-state index in [0.29, 0.717) is 28.6 Å². The van der Waals surface area contributed by atoms with Crippen LogP contribution in [0.5, 0.6) is 0 Å². The first-order chi connectivity index (χ1) is 17.7. The Bertz CT molecular complexity index is 1270. The van der Waals surface area contributed by atoms with E-state index in [4.69, 9.17) is 28.2 Å². The molecular weight excluding hydrogens is 505 g/mol. The van der Waals surface area contributed by atoms with Gasteiger partial charge in [-0.25, -0.2) is 0 Å². The number of likely N-dealkylation sites (tertiary alicyclic amines) is 1. The fourth-order valence-electron chi connectivity index (χ4n) is 6.05. The van der Waals surface area contributed by atoms with Crippen LogP contribution in [0.15, 0.2) is 76.9 Å². The molecule has 194 valence electrons. The molecule has 5 nitrogen and oxygen atoms in total. The molecule has 1 amide bonds. The summed E-state index contributed by atoms with van der Waals surface area (Å²) in [4.78, 5) is 23.5. The highest BCUT2D eigenvalue weighted by Gasteiger charge is 2.50. The number of halogens is 2. The number of aliphatic hydroxyl groups is 1. The van der Waals surface area contributed by atoms with Gasteiger partial charge in [0.2, 0.25) is 0 Å². The molecule has 3 aliphatic heterocycles. The lowest BCUT2D eigenvalue weighted by Gasteiger charge is -2.39. The van der Waals surface area contributed by atoms with Gasteiger partial charge in [-0.3, -0.25) is 9.79 Å². The maximum Gasteiger partial charge on any atom is 0.255 e. The van der Waals surface area contributed by atoms with Gasteiger partial charge in [0.05, 0.1) is 24.3 Å². The molecule has 0 spiro atoms. The van der Waals surface area contributed by atoms with Crippen LogP contribution >= 0.6 is 23.2 Å². The molecule has 1 N–H and O–H groups in total. The second-order valence-electron chi connectivity index (χ2n) is 10.5. The molecule has 3 unspecified atom stereocenters. The third kappa shape index (κ3) is 4.62. The van der Waals surface area contributed by atoms with Gasteiger partial charge in [-0.2, -0.15) is 0 Å². The molecule has 3 heterocycles. The number of amides is 1. The molecule has 3 atom stereocenters. The summed E-state index contributed by atoms with van der Waals surface area (Å²) in [5, 5.41) is 11.3. The van der Waals surface area contributed by atoms with Crippen LogP contribution in [0.1, 0.15) is 57.2 Å². The predicted molar refractivity (Wildman–Crippen MR) is 150 cm³/mol. The van der Waals surface area contributed by atoms with Crippen LogP contribution in [-0.4, -0.2) is 45.8 Å². The Hall–Kier alpha value is -2.60. The van der Waals surface area contributed by atoms with Crippen molar-refractivity contribution in [1.29, 1.82) is 0 Å². The highest BCUT2D eigenvalue weighted by atomic mass is 35.5. The maximum atomic E-state index is 14.0. The van der Waals surface area contributed by atoms with Gasteiger partial charge in [-0.15, -0.1) is 0 Å². The number of fused-ring (bicyclic) bond motifs is 1. The van der Waals surface area contributed by atoms with Gasteiger partial charge >= 0.3 is 0 Å². The standard InChI is InChI=1S/C30H33Cl2N3O2/c1-19(2)27-25(29(37)34-17-5-6-24(34)18-36)7-4-8-26-33-30(3,21-11-15-23(32)16-12-21)28(35(26)27)20-9-13-22(31)14-10-20/h4,7,9-16,19,24,28,36H,5-6,8,17-18H2,1-3H3. The SMILES string of the molecule is CC(C)C1=C(C(=O)N2CCCC2CO)C=CCC2=NC(C)(c3ccc(Cl)cc3)C(c3ccc(Cl)cc3)N21. The summed E-state index contributed by atoms with van der Waals surface area (Å²) in [6.07, 6.45) is 6.36. The number of aliphatic imine (C=N–C) groups is 1. The normalized spacial score (nSPS) is 25.5. The van der Waals surface area contributed by atoms with Crippen molar-refractivity contribution in [2.45, 2.75) is 57.7 Å². The summed E-state index contributed by atoms with van der Waals surface area (Å²) >= 11 is 12.5. The van der Waals surface area contributed by atoms with Crippen LogP contribution in [0, 0.1) is 5.92 Å². The topological polar surface area (TPSA) is 56.1 Å². The van der Waals surface area contributed by atoms with Gasteiger partial charge in [0.1, 0.15) is 11.4 Å². The molecule has 1 fully saturated rings. The van der Waals surface area contributed by atoms with Crippen LogP contribution in [0.2, 0.25) is 10.0 Å². The summed E-state index contributed by atoms with van der Waals surface area (Å²) in [6, 6.07) is 15.5. The van der Waals surface area contributed by atoms with Gasteiger partial charge in [-0.05, 0) is 61.1 Å². The van der Waals surface area contributed by atoms with Crippen molar-refractivity contribution in [2.24, 2.45) is 10.9 Å². The summed E-state index contributed by atoms with van der Waals surface area (Å²) in [6.45, 7) is 7.06. The minimum Gasteiger partial charge on any atom is -0.394 e. The van der Waals surface area contributed by atoms with Crippen molar-refractivity contribution >= 4 is 34.9 Å². The average molecular weight is 539 g/mol. The molecule has 7 heteroatoms. The van der Waals surface area contributed by atoms with Crippen LogP contribution < -0.4 is 0 Å². The van der Waals surface area contributed by atoms with Crippen molar-refractivity contribution in [1.82, 2.24) is 9.80 Å². The van der Waals surface area contributed by atoms with Crippen molar-refractivity contribution in [3.63, 3.8) is 0 Å². The van der Waals surface area contributed by atoms with Crippen LogP contribution in [0.3, 0.4) is 0 Å². The molecular formula is C30H33Cl2N3O2. The van der Waals surface area contributed by atoms with Gasteiger partial charge < -0.3 is 14.9 Å². The molecule has 1 saturated heterocycles. The third-order valence-electron chi connectivity index (χ3n) is 7.79. The Morgan fingerprint density at radius 1 is 1.11 bits per heavy atom. The number of carbonyl (C=O) groups is 1.